The maximum absolute atomic E-state index is 5.68. The van der Waals surface area contributed by atoms with Gasteiger partial charge in [-0.05, 0) is 25.5 Å². The summed E-state index contributed by atoms with van der Waals surface area (Å²) in [5, 5.41) is 1.15. The highest BCUT2D eigenvalue weighted by atomic mass is 16.3. The van der Waals surface area contributed by atoms with Crippen molar-refractivity contribution in [1.29, 1.82) is 0 Å². The molecule has 1 aromatic heterocycles. The van der Waals surface area contributed by atoms with Gasteiger partial charge in [0.15, 0.2) is 0 Å². The van der Waals surface area contributed by atoms with Gasteiger partial charge in [0, 0.05) is 28.9 Å². The topological polar surface area (TPSA) is 25.5 Å². The van der Waals surface area contributed by atoms with Gasteiger partial charge in [-0.25, -0.2) is 0 Å². The minimum atomic E-state index is 0.941. The second-order valence-electron chi connectivity index (χ2n) is 4.45. The van der Waals surface area contributed by atoms with Crippen molar-refractivity contribution in [3.05, 3.63) is 46.9 Å². The molecule has 1 aromatic carbocycles. The van der Waals surface area contributed by atoms with Gasteiger partial charge in [-0.15, -0.1) is 0 Å². The molecule has 0 saturated carbocycles. The van der Waals surface area contributed by atoms with Crippen molar-refractivity contribution in [2.75, 3.05) is 0 Å². The number of allylic oxidation sites excluding steroid dienone is 1. The second-order valence-corrected chi connectivity index (χ2v) is 4.45. The fourth-order valence-electron chi connectivity index (χ4n) is 2.13. The molecule has 0 aliphatic carbocycles. The van der Waals surface area contributed by atoms with Crippen LogP contribution in [0.4, 0.5) is 0 Å². The van der Waals surface area contributed by atoms with Crippen LogP contribution in [-0.4, -0.2) is 6.21 Å². The third-order valence-electron chi connectivity index (χ3n) is 2.81. The van der Waals surface area contributed by atoms with Gasteiger partial charge in [0.1, 0.15) is 11.8 Å². The quantitative estimate of drug-likeness (QED) is 0.709. The Balaban J connectivity index is 2.38. The van der Waals surface area contributed by atoms with Crippen molar-refractivity contribution in [3.63, 3.8) is 0 Å². The molecule has 0 unspecified atom stereocenters. The van der Waals surface area contributed by atoms with Crippen LogP contribution in [0.1, 0.15) is 30.5 Å². The summed E-state index contributed by atoms with van der Waals surface area (Å²) >= 11 is 0. The molecule has 2 aromatic rings. The first-order valence-electron chi connectivity index (χ1n) is 5.64. The molecule has 0 spiro atoms. The molecule has 2 heterocycles. The van der Waals surface area contributed by atoms with E-state index in [2.05, 4.69) is 37.0 Å². The van der Waals surface area contributed by atoms with Crippen molar-refractivity contribution in [2.24, 2.45) is 4.99 Å². The number of nitrogens with zero attached hydrogens (tertiary/aromatic N) is 1. The van der Waals surface area contributed by atoms with Crippen LogP contribution in [0.25, 0.3) is 23.1 Å². The molecule has 0 fully saturated rings. The van der Waals surface area contributed by atoms with Gasteiger partial charge in [0.2, 0.25) is 0 Å². The van der Waals surface area contributed by atoms with Crippen LogP contribution < -0.4 is 0 Å². The Morgan fingerprint density at radius 3 is 2.94 bits per heavy atom. The number of benzene rings is 1. The first-order valence-corrected chi connectivity index (χ1v) is 5.64. The maximum Gasteiger partial charge on any atom is 0.142 e. The number of aliphatic imine (C=N–C) groups is 1. The van der Waals surface area contributed by atoms with E-state index in [0.717, 1.165) is 27.7 Å². The van der Waals surface area contributed by atoms with E-state index in [1.807, 2.05) is 18.5 Å². The van der Waals surface area contributed by atoms with Crippen LogP contribution in [0, 0.1) is 0 Å². The zero-order valence-corrected chi connectivity index (χ0v) is 9.90. The SMILES string of the molecule is CC(C)=Cc1ccc2c3c(coc13)C=NC=C2. The molecular weight excluding hydrogens is 210 g/mol. The van der Waals surface area contributed by atoms with E-state index >= 15 is 0 Å². The average Bonchev–Trinajstić information content (AvgIpc) is 2.60. The molecule has 2 nitrogen and oxygen atoms in total. The molecule has 1 aliphatic heterocycles. The van der Waals surface area contributed by atoms with Crippen LogP contribution in [0.5, 0.6) is 0 Å². The Morgan fingerprint density at radius 2 is 2.12 bits per heavy atom. The second kappa shape index (κ2) is 3.74. The molecular formula is C15H13NO. The Kier molecular flexibility index (Phi) is 2.22. The summed E-state index contributed by atoms with van der Waals surface area (Å²) in [6, 6.07) is 4.20. The first-order chi connectivity index (χ1) is 8.25. The minimum Gasteiger partial charge on any atom is -0.463 e. The molecule has 84 valence electrons. The largest absolute Gasteiger partial charge is 0.463 e. The van der Waals surface area contributed by atoms with E-state index in [9.17, 15) is 0 Å². The maximum atomic E-state index is 5.68. The Morgan fingerprint density at radius 1 is 1.24 bits per heavy atom. The first kappa shape index (κ1) is 10.1. The van der Waals surface area contributed by atoms with Gasteiger partial charge < -0.3 is 4.42 Å². The molecule has 1 aliphatic rings. The van der Waals surface area contributed by atoms with E-state index in [4.69, 9.17) is 4.42 Å². The van der Waals surface area contributed by atoms with Crippen molar-refractivity contribution in [2.45, 2.75) is 13.8 Å². The van der Waals surface area contributed by atoms with E-state index in [1.165, 1.54) is 5.57 Å². The highest BCUT2D eigenvalue weighted by molar-refractivity contribution is 6.05. The molecule has 0 N–H and O–H groups in total. The lowest BCUT2D eigenvalue weighted by atomic mass is 10.0. The minimum absolute atomic E-state index is 0.941. The van der Waals surface area contributed by atoms with Gasteiger partial charge >= 0.3 is 0 Å². The predicted molar refractivity (Wildman–Crippen MR) is 72.2 cm³/mol. The summed E-state index contributed by atoms with van der Waals surface area (Å²) < 4.78 is 5.68. The highest BCUT2D eigenvalue weighted by Gasteiger charge is 2.12. The zero-order valence-electron chi connectivity index (χ0n) is 9.90. The van der Waals surface area contributed by atoms with Crippen molar-refractivity contribution < 1.29 is 4.42 Å². The molecule has 3 rings (SSSR count). The fourth-order valence-corrected chi connectivity index (χ4v) is 2.13. The van der Waals surface area contributed by atoms with E-state index < -0.39 is 0 Å². The van der Waals surface area contributed by atoms with Crippen LogP contribution in [-0.2, 0) is 0 Å². The zero-order chi connectivity index (χ0) is 11.8. The summed E-state index contributed by atoms with van der Waals surface area (Å²) in [6.45, 7) is 4.17. The van der Waals surface area contributed by atoms with E-state index in [0.29, 0.717) is 0 Å². The van der Waals surface area contributed by atoms with E-state index in [1.54, 1.807) is 6.26 Å². The van der Waals surface area contributed by atoms with E-state index in [-0.39, 0.29) is 0 Å². The predicted octanol–water partition coefficient (Wildman–Crippen LogP) is 4.26. The summed E-state index contributed by atoms with van der Waals surface area (Å²) in [4.78, 5) is 4.19. The molecule has 0 amide bonds. The van der Waals surface area contributed by atoms with Gasteiger partial charge in [-0.3, -0.25) is 4.99 Å². The third-order valence-corrected chi connectivity index (χ3v) is 2.81. The smallest absolute Gasteiger partial charge is 0.142 e. The van der Waals surface area contributed by atoms with Crippen LogP contribution in [0.2, 0.25) is 0 Å². The number of hydrogen-bond donors (Lipinski definition) is 0. The third kappa shape index (κ3) is 1.62. The lowest BCUT2D eigenvalue weighted by molar-refractivity contribution is 0.614. The van der Waals surface area contributed by atoms with Crippen molar-refractivity contribution >= 4 is 29.3 Å². The van der Waals surface area contributed by atoms with Gasteiger partial charge in [-0.2, -0.15) is 0 Å². The molecule has 0 saturated heterocycles. The lowest BCUT2D eigenvalue weighted by Gasteiger charge is -2.01. The Labute approximate surface area is 100.0 Å². The summed E-state index contributed by atoms with van der Waals surface area (Å²) in [5.74, 6) is 0. The average molecular weight is 223 g/mol. The molecule has 0 bridgehead atoms. The molecule has 0 atom stereocenters. The fraction of sp³-hybridized carbons (Fsp3) is 0.133. The molecule has 17 heavy (non-hydrogen) atoms. The number of hydrogen-bond acceptors (Lipinski definition) is 2. The van der Waals surface area contributed by atoms with Gasteiger partial charge in [0.25, 0.3) is 0 Å². The Hall–Kier alpha value is -2.09. The summed E-state index contributed by atoms with van der Waals surface area (Å²) in [7, 11) is 0. The number of rotatable bonds is 1. The highest BCUT2D eigenvalue weighted by Crippen LogP contribution is 2.30. The summed E-state index contributed by atoms with van der Waals surface area (Å²) in [6.07, 6.45) is 9.57. The molecule has 0 radical (unpaired) electrons. The summed E-state index contributed by atoms with van der Waals surface area (Å²) in [5.41, 5.74) is 5.53. The van der Waals surface area contributed by atoms with Crippen molar-refractivity contribution in [1.82, 2.24) is 0 Å². The standard InChI is InChI=1S/C15H13NO/c1-10(2)7-12-4-3-11-5-6-16-8-13-9-17-15(12)14(11)13/h3-9H,1-2H3. The van der Waals surface area contributed by atoms with Crippen LogP contribution >= 0.6 is 0 Å². The normalized spacial score (nSPS) is 12.8. The Bertz CT molecular complexity index is 668. The lowest BCUT2D eigenvalue weighted by Crippen LogP contribution is -1.82. The van der Waals surface area contributed by atoms with Crippen LogP contribution in [0.15, 0.2) is 39.6 Å². The number of furan rings is 1. The van der Waals surface area contributed by atoms with Crippen LogP contribution in [0.3, 0.4) is 0 Å². The molecule has 2 heteroatoms. The monoisotopic (exact) mass is 223 g/mol. The van der Waals surface area contributed by atoms with Gasteiger partial charge in [0.05, 0.1) is 0 Å². The van der Waals surface area contributed by atoms with Crippen molar-refractivity contribution in [3.8, 4) is 0 Å². The van der Waals surface area contributed by atoms with Gasteiger partial charge in [-0.1, -0.05) is 23.8 Å².